The molecular weight excluding hydrogens is 614 g/mol. The fourth-order valence-electron chi connectivity index (χ4n) is 7.38. The van der Waals surface area contributed by atoms with Crippen molar-refractivity contribution in [2.75, 3.05) is 19.5 Å². The van der Waals surface area contributed by atoms with E-state index in [4.69, 9.17) is 23.3 Å². The molecule has 3 N–H and O–H groups in total. The SMILES string of the molecule is CNC(C(=O)C[C@H]1Cc2ccc3c(c2)C2(c4ccccc4N[C@H]2O3)c2oc(nc2-c2nc(C(=O)OC)co2)[C@H](C(C)C)NC1=O)C(C)C. The number of anilines is 1. The quantitative estimate of drug-likeness (QED) is 0.225. The lowest BCUT2D eigenvalue weighted by Crippen LogP contribution is -2.43. The van der Waals surface area contributed by atoms with Gasteiger partial charge in [0.15, 0.2) is 29.2 Å². The van der Waals surface area contributed by atoms with Gasteiger partial charge in [0.1, 0.15) is 23.5 Å². The number of hydrogen-bond acceptors (Lipinski definition) is 11. The fourth-order valence-corrected chi connectivity index (χ4v) is 7.38. The molecule has 0 saturated carbocycles. The topological polar surface area (TPSA) is 158 Å². The monoisotopic (exact) mass is 653 g/mol. The van der Waals surface area contributed by atoms with Gasteiger partial charge in [-0.15, -0.1) is 0 Å². The Hall–Kier alpha value is -4.97. The van der Waals surface area contributed by atoms with Crippen LogP contribution >= 0.6 is 0 Å². The van der Waals surface area contributed by atoms with Gasteiger partial charge >= 0.3 is 5.97 Å². The van der Waals surface area contributed by atoms with Crippen LogP contribution < -0.4 is 20.7 Å². The highest BCUT2D eigenvalue weighted by Gasteiger charge is 2.61. The predicted molar refractivity (Wildman–Crippen MR) is 174 cm³/mol. The number of nitrogens with zero attached hydrogens (tertiary/aromatic N) is 2. The Balaban J connectivity index is 1.46. The molecule has 5 heterocycles. The molecule has 48 heavy (non-hydrogen) atoms. The number of benzene rings is 2. The Kier molecular flexibility index (Phi) is 7.86. The molecular formula is C36H39N5O7. The van der Waals surface area contributed by atoms with Gasteiger partial charge < -0.3 is 34.3 Å². The third-order valence-corrected chi connectivity index (χ3v) is 9.70. The lowest BCUT2D eigenvalue weighted by atomic mass is 9.72. The first-order valence-electron chi connectivity index (χ1n) is 16.3. The summed E-state index contributed by atoms with van der Waals surface area (Å²) in [5.41, 5.74) is 2.64. The second-order valence-electron chi connectivity index (χ2n) is 13.4. The predicted octanol–water partition coefficient (Wildman–Crippen LogP) is 4.78. The van der Waals surface area contributed by atoms with E-state index in [0.717, 1.165) is 22.4 Å². The number of fused-ring (bicyclic) bond motifs is 4. The number of aromatic nitrogens is 2. The average molecular weight is 654 g/mol. The number of likely N-dealkylation sites (N-methyl/N-ethyl adjacent to an activating group) is 1. The van der Waals surface area contributed by atoms with Crippen molar-refractivity contribution >= 4 is 23.3 Å². The van der Waals surface area contributed by atoms with Crippen LogP contribution in [0.1, 0.15) is 79.0 Å². The highest BCUT2D eigenvalue weighted by Crippen LogP contribution is 2.59. The molecule has 1 amide bonds. The summed E-state index contributed by atoms with van der Waals surface area (Å²) in [7, 11) is 3.04. The molecule has 4 bridgehead atoms. The van der Waals surface area contributed by atoms with Crippen molar-refractivity contribution in [1.82, 2.24) is 20.6 Å². The molecule has 3 aliphatic heterocycles. The highest BCUT2D eigenvalue weighted by molar-refractivity contribution is 5.90. The first kappa shape index (κ1) is 31.6. The maximum Gasteiger partial charge on any atom is 0.360 e. The van der Waals surface area contributed by atoms with Crippen LogP contribution in [0, 0.1) is 17.8 Å². The summed E-state index contributed by atoms with van der Waals surface area (Å²) in [4.78, 5) is 49.5. The van der Waals surface area contributed by atoms with Crippen molar-refractivity contribution in [3.05, 3.63) is 82.8 Å². The van der Waals surface area contributed by atoms with E-state index in [-0.39, 0.29) is 59.2 Å². The highest BCUT2D eigenvalue weighted by atomic mass is 16.5. The molecule has 0 radical (unpaired) electrons. The van der Waals surface area contributed by atoms with Gasteiger partial charge in [-0.25, -0.2) is 14.8 Å². The van der Waals surface area contributed by atoms with Crippen molar-refractivity contribution in [1.29, 1.82) is 0 Å². The summed E-state index contributed by atoms with van der Waals surface area (Å²) in [6, 6.07) is 12.7. The Bertz CT molecular complexity index is 1910. The van der Waals surface area contributed by atoms with Crippen molar-refractivity contribution in [2.24, 2.45) is 17.8 Å². The summed E-state index contributed by atoms with van der Waals surface area (Å²) < 4.78 is 24.2. The minimum atomic E-state index is -1.05. The van der Waals surface area contributed by atoms with Gasteiger partial charge in [0.25, 0.3) is 0 Å². The third-order valence-electron chi connectivity index (χ3n) is 9.70. The zero-order chi connectivity index (χ0) is 33.9. The van der Waals surface area contributed by atoms with Crippen LogP contribution in [0.2, 0.25) is 0 Å². The smallest absolute Gasteiger partial charge is 0.360 e. The van der Waals surface area contributed by atoms with Gasteiger partial charge in [-0.1, -0.05) is 58.0 Å². The van der Waals surface area contributed by atoms with Gasteiger partial charge in [-0.05, 0) is 48.6 Å². The summed E-state index contributed by atoms with van der Waals surface area (Å²) in [6.07, 6.45) is 0.992. The summed E-state index contributed by atoms with van der Waals surface area (Å²) in [5.74, 6) is -0.372. The number of Topliss-reactive ketones (excluding diaryl/α,β-unsaturated/α-hetero) is 1. The zero-order valence-corrected chi connectivity index (χ0v) is 27.7. The van der Waals surface area contributed by atoms with Crippen LogP contribution in [-0.4, -0.2) is 54.1 Å². The Labute approximate surface area is 278 Å². The molecule has 12 heteroatoms. The van der Waals surface area contributed by atoms with Crippen LogP contribution in [0.4, 0.5) is 5.69 Å². The maximum atomic E-state index is 14.2. The first-order valence-corrected chi connectivity index (χ1v) is 16.3. The zero-order valence-electron chi connectivity index (χ0n) is 27.7. The van der Waals surface area contributed by atoms with Crippen molar-refractivity contribution < 1.29 is 32.7 Å². The van der Waals surface area contributed by atoms with E-state index in [1.54, 1.807) is 7.05 Å². The van der Waals surface area contributed by atoms with E-state index in [2.05, 4.69) is 20.9 Å². The van der Waals surface area contributed by atoms with Gasteiger partial charge in [0, 0.05) is 23.6 Å². The molecule has 4 aromatic rings. The molecule has 12 nitrogen and oxygen atoms in total. The van der Waals surface area contributed by atoms with Crippen LogP contribution in [0.3, 0.4) is 0 Å². The number of methoxy groups -OCH3 is 1. The number of nitrogens with one attached hydrogen (secondary N) is 3. The van der Waals surface area contributed by atoms with E-state index >= 15 is 0 Å². The Morgan fingerprint density at radius 2 is 1.88 bits per heavy atom. The molecule has 0 saturated heterocycles. The Morgan fingerprint density at radius 3 is 2.60 bits per heavy atom. The maximum absolute atomic E-state index is 14.2. The molecule has 2 aromatic heterocycles. The number of carbonyl (C=O) groups excluding carboxylic acids is 3. The molecule has 2 aromatic carbocycles. The number of rotatable bonds is 8. The lowest BCUT2D eigenvalue weighted by Gasteiger charge is -2.29. The number of carbonyl (C=O) groups is 3. The normalized spacial score (nSPS) is 22.9. The van der Waals surface area contributed by atoms with Gasteiger partial charge in [0.05, 0.1) is 13.2 Å². The lowest BCUT2D eigenvalue weighted by molar-refractivity contribution is -0.131. The minimum Gasteiger partial charge on any atom is -0.469 e. The average Bonchev–Trinajstić information content (AvgIpc) is 3.83. The van der Waals surface area contributed by atoms with Crippen LogP contribution in [-0.2, 0) is 26.2 Å². The number of ketones is 1. The second-order valence-corrected chi connectivity index (χ2v) is 13.4. The number of oxazole rings is 2. The van der Waals surface area contributed by atoms with Gasteiger partial charge in [0.2, 0.25) is 17.7 Å². The van der Waals surface area contributed by atoms with Crippen molar-refractivity contribution in [3.8, 4) is 17.3 Å². The van der Waals surface area contributed by atoms with E-state index in [0.29, 0.717) is 17.9 Å². The largest absolute Gasteiger partial charge is 0.469 e. The fraction of sp³-hybridized carbons (Fsp3) is 0.417. The number of amides is 1. The van der Waals surface area contributed by atoms with Crippen LogP contribution in [0.25, 0.3) is 11.6 Å². The van der Waals surface area contributed by atoms with Crippen LogP contribution in [0.5, 0.6) is 5.75 Å². The molecule has 5 atom stereocenters. The number of hydrogen-bond donors (Lipinski definition) is 3. The first-order chi connectivity index (χ1) is 23.1. The van der Waals surface area contributed by atoms with Crippen LogP contribution in [0.15, 0.2) is 57.6 Å². The van der Waals surface area contributed by atoms with Gasteiger partial charge in [-0.3, -0.25) is 9.59 Å². The van der Waals surface area contributed by atoms with Crippen molar-refractivity contribution in [3.63, 3.8) is 0 Å². The number of ether oxygens (including phenoxy) is 2. The van der Waals surface area contributed by atoms with Crippen molar-refractivity contribution in [2.45, 2.75) is 64.3 Å². The molecule has 0 fully saturated rings. The Morgan fingerprint density at radius 1 is 1.08 bits per heavy atom. The second kappa shape index (κ2) is 11.9. The summed E-state index contributed by atoms with van der Waals surface area (Å²) >= 11 is 0. The molecule has 3 aliphatic rings. The molecule has 1 spiro atoms. The molecule has 0 aliphatic carbocycles. The minimum absolute atomic E-state index is 0.0206. The number of para-hydroxylation sites is 1. The number of esters is 1. The third kappa shape index (κ3) is 4.88. The summed E-state index contributed by atoms with van der Waals surface area (Å²) in [5, 5.41) is 9.83. The molecule has 2 unspecified atom stereocenters. The molecule has 250 valence electrons. The van der Waals surface area contributed by atoms with Gasteiger partial charge in [-0.2, -0.15) is 0 Å². The molecule has 7 rings (SSSR count). The van der Waals surface area contributed by atoms with E-state index in [1.165, 1.54) is 13.4 Å². The van der Waals surface area contributed by atoms with E-state index in [9.17, 15) is 14.4 Å². The van der Waals surface area contributed by atoms with E-state index < -0.39 is 29.6 Å². The summed E-state index contributed by atoms with van der Waals surface area (Å²) in [6.45, 7) is 7.89. The standard InChI is InChI=1S/C36H39N5O7/c1-17(2)27(37-5)25(42)15-20-13-19-11-12-26-22(14-19)36(21-9-7-8-10-23(21)39-35(36)47-26)30-29(32-38-24(16-46-32)34(44)45-6)41-33(48-30)28(18(3)4)40-31(20)43/h7-12,14,16-18,20,27-28,35,37,39H,13,15H2,1-6H3,(H,40,43)/t20-,27?,28+,35+,36?/m1/s1. The van der Waals surface area contributed by atoms with E-state index in [1.807, 2.05) is 70.2 Å².